The number of sulfone groups is 1. The first-order chi connectivity index (χ1) is 20.3. The third kappa shape index (κ3) is 6.97. The van der Waals surface area contributed by atoms with E-state index in [0.29, 0.717) is 37.4 Å². The van der Waals surface area contributed by atoms with Crippen LogP contribution in [0.5, 0.6) is 0 Å². The zero-order valence-electron chi connectivity index (χ0n) is 24.8. The van der Waals surface area contributed by atoms with Crippen LogP contribution in [0.4, 0.5) is 0 Å². The van der Waals surface area contributed by atoms with Crippen LogP contribution >= 0.6 is 0 Å². The number of hydrogen-bond acceptors (Lipinski definition) is 9. The third-order valence-electron chi connectivity index (χ3n) is 10.5. The van der Waals surface area contributed by atoms with Crippen molar-refractivity contribution in [2.75, 3.05) is 37.7 Å². The summed E-state index contributed by atoms with van der Waals surface area (Å²) >= 11 is 0. The fourth-order valence-electron chi connectivity index (χ4n) is 8.25. The smallest absolute Gasteiger partial charge is 0.294 e. The number of nitrogens with zero attached hydrogens (tertiary/aromatic N) is 1. The minimum atomic E-state index is -4.02. The lowest BCUT2D eigenvalue weighted by Crippen LogP contribution is -2.59. The Morgan fingerprint density at radius 2 is 1.56 bits per heavy atom. The van der Waals surface area contributed by atoms with Gasteiger partial charge in [-0.3, -0.25) is 14.2 Å². The molecule has 1 amide bonds. The highest BCUT2D eigenvalue weighted by molar-refractivity contribution is 7.91. The monoisotopic (exact) mass is 640 g/mol. The average Bonchev–Trinajstić information content (AvgIpc) is 3.32. The maximum atomic E-state index is 12.3. The Morgan fingerprint density at radius 1 is 0.977 bits per heavy atom. The molecule has 2 saturated heterocycles. The molecule has 5 aliphatic carbocycles. The van der Waals surface area contributed by atoms with Crippen LogP contribution in [-0.2, 0) is 39.3 Å². The molecule has 5 saturated carbocycles. The molecule has 8 rings (SSSR count). The van der Waals surface area contributed by atoms with E-state index in [0.717, 1.165) is 43.1 Å². The lowest BCUT2D eigenvalue weighted by atomic mass is 9.53. The molecule has 13 heteroatoms. The van der Waals surface area contributed by atoms with E-state index >= 15 is 0 Å². The second kappa shape index (κ2) is 12.0. The highest BCUT2D eigenvalue weighted by atomic mass is 32.2. The fourth-order valence-corrected chi connectivity index (χ4v) is 10.0. The van der Waals surface area contributed by atoms with E-state index < -0.39 is 31.5 Å². The Hall–Kier alpha value is -1.61. The SMILES string of the molecule is Cc1ccc(S(=O)(=O)O)cc1.O=C(CN1CCS(=O)(=O)CC1)NCC1CCC2(CC1)OOC1(O2)C2CC3CC(C2)CC1C3. The van der Waals surface area contributed by atoms with Gasteiger partial charge >= 0.3 is 0 Å². The lowest BCUT2D eigenvalue weighted by Gasteiger charge is -2.57. The van der Waals surface area contributed by atoms with E-state index in [9.17, 15) is 21.6 Å². The summed E-state index contributed by atoms with van der Waals surface area (Å²) in [6, 6.07) is 5.99. The summed E-state index contributed by atoms with van der Waals surface area (Å²) in [5.74, 6) is 2.28. The van der Waals surface area contributed by atoms with Gasteiger partial charge in [-0.15, -0.1) is 0 Å². The van der Waals surface area contributed by atoms with Crippen LogP contribution < -0.4 is 5.32 Å². The summed E-state index contributed by atoms with van der Waals surface area (Å²) in [7, 11) is -6.94. The number of nitrogens with one attached hydrogen (secondary N) is 1. The number of aryl methyl sites for hydroxylation is 1. The van der Waals surface area contributed by atoms with E-state index in [4.69, 9.17) is 19.1 Å². The van der Waals surface area contributed by atoms with Crippen LogP contribution in [0, 0.1) is 36.5 Å². The van der Waals surface area contributed by atoms with Gasteiger partial charge in [-0.1, -0.05) is 17.7 Å². The first kappa shape index (κ1) is 31.4. The number of carbonyl (C=O) groups excluding carboxylic acids is 1. The van der Waals surface area contributed by atoms with E-state index in [2.05, 4.69) is 5.32 Å². The normalized spacial score (nSPS) is 38.1. The van der Waals surface area contributed by atoms with Crippen molar-refractivity contribution in [2.45, 2.75) is 81.2 Å². The van der Waals surface area contributed by atoms with Gasteiger partial charge in [0.05, 0.1) is 22.9 Å². The quantitative estimate of drug-likeness (QED) is 0.363. The van der Waals surface area contributed by atoms with Crippen molar-refractivity contribution in [3.8, 4) is 0 Å². The van der Waals surface area contributed by atoms with Crippen molar-refractivity contribution in [2.24, 2.45) is 29.6 Å². The highest BCUT2D eigenvalue weighted by Crippen LogP contribution is 2.63. The number of hydrogen-bond donors (Lipinski definition) is 2. The molecule has 11 nitrogen and oxygen atoms in total. The molecular weight excluding hydrogens is 596 g/mol. The molecule has 0 atom stereocenters. The number of carbonyl (C=O) groups is 1. The average molecular weight is 641 g/mol. The zero-order chi connectivity index (χ0) is 30.5. The van der Waals surface area contributed by atoms with Crippen molar-refractivity contribution in [3.63, 3.8) is 0 Å². The molecule has 0 unspecified atom stereocenters. The molecule has 1 aromatic rings. The van der Waals surface area contributed by atoms with Crippen LogP contribution in [0.3, 0.4) is 0 Å². The third-order valence-corrected chi connectivity index (χ3v) is 13.0. The largest absolute Gasteiger partial charge is 0.355 e. The summed E-state index contributed by atoms with van der Waals surface area (Å²) in [4.78, 5) is 26.3. The van der Waals surface area contributed by atoms with Gasteiger partial charge in [-0.25, -0.2) is 8.42 Å². The van der Waals surface area contributed by atoms with Crippen molar-refractivity contribution in [3.05, 3.63) is 29.8 Å². The highest BCUT2D eigenvalue weighted by Gasteiger charge is 2.66. The van der Waals surface area contributed by atoms with Crippen LogP contribution in [0.2, 0.25) is 0 Å². The van der Waals surface area contributed by atoms with Gasteiger partial charge in [0.1, 0.15) is 0 Å². The standard InChI is InChI=1S/C23H36N2O6S.C7H8O3S/c26-21(15-25-5-7-32(27,28)8-6-25)24-14-16-1-3-22(4-2-16)29-23(31-30-22)19-10-17-9-18(12-19)13-20(23)11-17;1-6-2-4-7(5-3-6)11(8,9)10/h16-20H,1-15H2,(H,24,26);2-5H,1H3,(H,8,9,10). The Bertz CT molecular complexity index is 1350. The van der Waals surface area contributed by atoms with Gasteiger partial charge in [0.2, 0.25) is 17.5 Å². The van der Waals surface area contributed by atoms with E-state index in [1.165, 1.54) is 44.2 Å². The van der Waals surface area contributed by atoms with Crippen molar-refractivity contribution >= 4 is 25.9 Å². The molecule has 2 spiro atoms. The molecule has 2 N–H and O–H groups in total. The van der Waals surface area contributed by atoms with Gasteiger partial charge in [0, 0.05) is 44.3 Å². The predicted octanol–water partition coefficient (Wildman–Crippen LogP) is 3.09. The Morgan fingerprint density at radius 3 is 2.12 bits per heavy atom. The van der Waals surface area contributed by atoms with E-state index in [1.807, 2.05) is 11.8 Å². The fraction of sp³-hybridized carbons (Fsp3) is 0.767. The lowest BCUT2D eigenvalue weighted by molar-refractivity contribution is -0.390. The molecule has 0 aromatic heterocycles. The van der Waals surface area contributed by atoms with Gasteiger partial charge in [-0.2, -0.15) is 18.2 Å². The summed E-state index contributed by atoms with van der Waals surface area (Å²) in [5.41, 5.74) is 0.956. The number of amides is 1. The minimum Gasteiger partial charge on any atom is -0.355 e. The first-order valence-corrected chi connectivity index (χ1v) is 18.9. The van der Waals surface area contributed by atoms with Crippen LogP contribution in [-0.4, -0.2) is 81.5 Å². The maximum Gasteiger partial charge on any atom is 0.294 e. The molecule has 0 radical (unpaired) electrons. The number of rotatable bonds is 5. The van der Waals surface area contributed by atoms with Crippen molar-refractivity contribution < 1.29 is 40.7 Å². The van der Waals surface area contributed by atoms with E-state index in [1.54, 1.807) is 12.1 Å². The summed E-state index contributed by atoms with van der Waals surface area (Å²) in [6.07, 6.45) is 9.82. The molecule has 7 aliphatic rings. The Labute approximate surface area is 254 Å². The number of benzene rings is 1. The molecule has 1 aromatic carbocycles. The van der Waals surface area contributed by atoms with Gasteiger partial charge in [0.25, 0.3) is 10.1 Å². The van der Waals surface area contributed by atoms with Crippen molar-refractivity contribution in [1.29, 1.82) is 0 Å². The number of ether oxygens (including phenoxy) is 1. The van der Waals surface area contributed by atoms with Crippen LogP contribution in [0.1, 0.15) is 63.4 Å². The van der Waals surface area contributed by atoms with Gasteiger partial charge in [-0.05, 0) is 81.8 Å². The summed E-state index contributed by atoms with van der Waals surface area (Å²) in [5, 5.41) is 3.06. The first-order valence-electron chi connectivity index (χ1n) is 15.6. The van der Waals surface area contributed by atoms with Crippen LogP contribution in [0.15, 0.2) is 29.2 Å². The molecule has 240 valence electrons. The molecule has 7 fully saturated rings. The minimum absolute atomic E-state index is 0.0196. The van der Waals surface area contributed by atoms with Crippen molar-refractivity contribution in [1.82, 2.24) is 10.2 Å². The molecule has 2 aliphatic heterocycles. The second-order valence-corrected chi connectivity index (χ2v) is 17.4. The molecular formula is C30H44N2O9S2. The van der Waals surface area contributed by atoms with Gasteiger partial charge in [0.15, 0.2) is 9.84 Å². The summed E-state index contributed by atoms with van der Waals surface area (Å²) in [6.45, 7) is 3.66. The molecule has 4 bridgehead atoms. The Kier molecular flexibility index (Phi) is 8.73. The Balaban J connectivity index is 0.000000254. The molecule has 43 heavy (non-hydrogen) atoms. The second-order valence-electron chi connectivity index (χ2n) is 13.7. The maximum absolute atomic E-state index is 12.3. The topological polar surface area (TPSA) is 149 Å². The predicted molar refractivity (Wildman–Crippen MR) is 157 cm³/mol. The van der Waals surface area contributed by atoms with Crippen LogP contribution in [0.25, 0.3) is 0 Å². The summed E-state index contributed by atoms with van der Waals surface area (Å²) < 4.78 is 59.4. The zero-order valence-corrected chi connectivity index (χ0v) is 26.4. The van der Waals surface area contributed by atoms with Gasteiger partial charge < -0.3 is 10.1 Å². The molecule has 2 heterocycles. The van der Waals surface area contributed by atoms with E-state index in [-0.39, 0.29) is 28.9 Å².